The van der Waals surface area contributed by atoms with Crippen molar-refractivity contribution in [2.45, 2.75) is 38.6 Å². The number of hydrogen-bond acceptors (Lipinski definition) is 4. The van der Waals surface area contributed by atoms with E-state index in [1.54, 1.807) is 7.11 Å². The minimum Gasteiger partial charge on any atom is -0.493 e. The van der Waals surface area contributed by atoms with Crippen LogP contribution in [0, 0.1) is 0 Å². The van der Waals surface area contributed by atoms with Crippen LogP contribution in [-0.2, 0) is 19.7 Å². The Bertz CT molecular complexity index is 988. The van der Waals surface area contributed by atoms with Gasteiger partial charge in [0.25, 0.3) is 0 Å². The highest BCUT2D eigenvalue weighted by Gasteiger charge is 2.19. The van der Waals surface area contributed by atoms with Crippen molar-refractivity contribution in [1.29, 1.82) is 0 Å². The quantitative estimate of drug-likeness (QED) is 0.454. The molecular formula is C27H31ClN2O2. The highest BCUT2D eigenvalue weighted by Crippen LogP contribution is 2.29. The summed E-state index contributed by atoms with van der Waals surface area (Å²) in [4.78, 5) is 2.54. The maximum Gasteiger partial charge on any atom is 0.161 e. The van der Waals surface area contributed by atoms with Gasteiger partial charge in [-0.15, -0.1) is 0 Å². The smallest absolute Gasteiger partial charge is 0.161 e. The third kappa shape index (κ3) is 6.49. The van der Waals surface area contributed by atoms with Crippen LogP contribution in [-0.4, -0.2) is 31.1 Å². The number of nitrogens with one attached hydrogen (secondary N) is 1. The van der Waals surface area contributed by atoms with Gasteiger partial charge >= 0.3 is 0 Å². The molecule has 32 heavy (non-hydrogen) atoms. The van der Waals surface area contributed by atoms with Gasteiger partial charge in [-0.3, -0.25) is 4.90 Å². The number of rotatable bonds is 9. The molecule has 0 aliphatic carbocycles. The molecule has 5 heteroatoms. The predicted molar refractivity (Wildman–Crippen MR) is 130 cm³/mol. The molecule has 0 aromatic heterocycles. The fourth-order valence-corrected chi connectivity index (χ4v) is 4.34. The van der Waals surface area contributed by atoms with Crippen molar-refractivity contribution in [2.75, 3.05) is 20.2 Å². The number of piperidine rings is 1. The Hall–Kier alpha value is -2.53. The molecule has 1 N–H and O–H groups in total. The second-order valence-electron chi connectivity index (χ2n) is 8.32. The molecule has 3 aromatic carbocycles. The standard InChI is InChI=1S/C27H31ClN2O2/c1-31-27-17-22(10-11-26(27)32-20-23-8-5-9-24(28)16-23)18-29-25-12-14-30(15-13-25)19-21-6-3-2-4-7-21/h2-11,16-17,25,29H,12-15,18-20H2,1H3. The zero-order valence-electron chi connectivity index (χ0n) is 18.6. The molecule has 3 aromatic rings. The predicted octanol–water partition coefficient (Wildman–Crippen LogP) is 5.68. The van der Waals surface area contributed by atoms with Gasteiger partial charge in [0.1, 0.15) is 6.61 Å². The summed E-state index contributed by atoms with van der Waals surface area (Å²) in [5.41, 5.74) is 3.62. The van der Waals surface area contributed by atoms with Gasteiger partial charge in [-0.25, -0.2) is 0 Å². The molecule has 0 radical (unpaired) electrons. The summed E-state index contributed by atoms with van der Waals surface area (Å²) in [6.07, 6.45) is 2.34. The van der Waals surface area contributed by atoms with Crippen molar-refractivity contribution in [2.24, 2.45) is 0 Å². The second kappa shape index (κ2) is 11.4. The summed E-state index contributed by atoms with van der Waals surface area (Å²) >= 11 is 6.06. The zero-order chi connectivity index (χ0) is 22.2. The van der Waals surface area contributed by atoms with E-state index in [0.29, 0.717) is 17.7 Å². The van der Waals surface area contributed by atoms with Gasteiger partial charge < -0.3 is 14.8 Å². The van der Waals surface area contributed by atoms with Crippen LogP contribution < -0.4 is 14.8 Å². The minimum absolute atomic E-state index is 0.454. The molecule has 1 saturated heterocycles. The van der Waals surface area contributed by atoms with Crippen molar-refractivity contribution in [3.63, 3.8) is 0 Å². The number of likely N-dealkylation sites (tertiary alicyclic amines) is 1. The van der Waals surface area contributed by atoms with E-state index >= 15 is 0 Å². The van der Waals surface area contributed by atoms with E-state index in [4.69, 9.17) is 21.1 Å². The Kier molecular flexibility index (Phi) is 8.05. The molecule has 0 atom stereocenters. The maximum atomic E-state index is 6.06. The number of nitrogens with zero attached hydrogens (tertiary/aromatic N) is 1. The third-order valence-corrected chi connectivity index (χ3v) is 6.18. The topological polar surface area (TPSA) is 33.7 Å². The molecule has 168 valence electrons. The first-order valence-electron chi connectivity index (χ1n) is 11.2. The summed E-state index contributed by atoms with van der Waals surface area (Å²) in [6, 6.07) is 25.1. The number of hydrogen-bond donors (Lipinski definition) is 1. The lowest BCUT2D eigenvalue weighted by Crippen LogP contribution is -2.41. The van der Waals surface area contributed by atoms with Crippen molar-refractivity contribution in [3.8, 4) is 11.5 Å². The molecule has 1 aliphatic heterocycles. The summed E-state index contributed by atoms with van der Waals surface area (Å²) in [5, 5.41) is 4.43. The van der Waals surface area contributed by atoms with Gasteiger partial charge in [0.15, 0.2) is 11.5 Å². The molecule has 1 fully saturated rings. The molecule has 0 spiro atoms. The molecule has 0 unspecified atom stereocenters. The van der Waals surface area contributed by atoms with Gasteiger partial charge in [-0.05, 0) is 66.9 Å². The van der Waals surface area contributed by atoms with Gasteiger partial charge in [0.2, 0.25) is 0 Å². The number of methoxy groups -OCH3 is 1. The molecule has 0 bridgehead atoms. The summed E-state index contributed by atoms with van der Waals surface area (Å²) in [5.74, 6) is 1.49. The first-order valence-corrected chi connectivity index (χ1v) is 11.6. The van der Waals surface area contributed by atoms with Crippen LogP contribution in [0.4, 0.5) is 0 Å². The van der Waals surface area contributed by atoms with Crippen molar-refractivity contribution < 1.29 is 9.47 Å². The van der Waals surface area contributed by atoms with E-state index < -0.39 is 0 Å². The second-order valence-corrected chi connectivity index (χ2v) is 8.76. The first kappa shape index (κ1) is 22.7. The van der Waals surface area contributed by atoms with Gasteiger partial charge in [0.05, 0.1) is 7.11 Å². The summed E-state index contributed by atoms with van der Waals surface area (Å²) in [7, 11) is 1.68. The highest BCUT2D eigenvalue weighted by molar-refractivity contribution is 6.30. The Morgan fingerprint density at radius 2 is 1.66 bits per heavy atom. The van der Waals surface area contributed by atoms with Crippen molar-refractivity contribution >= 4 is 11.6 Å². The zero-order valence-corrected chi connectivity index (χ0v) is 19.4. The lowest BCUT2D eigenvalue weighted by molar-refractivity contribution is 0.190. The highest BCUT2D eigenvalue weighted by atomic mass is 35.5. The SMILES string of the molecule is COc1cc(CNC2CCN(Cc3ccccc3)CC2)ccc1OCc1cccc(Cl)c1. The average molecular weight is 451 g/mol. The van der Waals surface area contributed by atoms with Crippen LogP contribution in [0.1, 0.15) is 29.5 Å². The van der Waals surface area contributed by atoms with Crippen LogP contribution in [0.25, 0.3) is 0 Å². The Morgan fingerprint density at radius 3 is 2.41 bits per heavy atom. The maximum absolute atomic E-state index is 6.06. The molecular weight excluding hydrogens is 420 g/mol. The van der Waals surface area contributed by atoms with Gasteiger partial charge in [-0.2, -0.15) is 0 Å². The van der Waals surface area contributed by atoms with E-state index in [-0.39, 0.29) is 0 Å². The van der Waals surface area contributed by atoms with E-state index in [1.807, 2.05) is 30.3 Å². The summed E-state index contributed by atoms with van der Waals surface area (Å²) in [6.45, 7) is 4.59. The molecule has 4 nitrogen and oxygen atoms in total. The monoisotopic (exact) mass is 450 g/mol. The van der Waals surface area contributed by atoms with Crippen LogP contribution in [0.3, 0.4) is 0 Å². The lowest BCUT2D eigenvalue weighted by atomic mass is 10.0. The number of halogens is 1. The van der Waals surface area contributed by atoms with E-state index in [2.05, 4.69) is 52.7 Å². The molecule has 1 heterocycles. The van der Waals surface area contributed by atoms with E-state index in [9.17, 15) is 0 Å². The van der Waals surface area contributed by atoms with Crippen LogP contribution in [0.2, 0.25) is 5.02 Å². The number of ether oxygens (including phenoxy) is 2. The van der Waals surface area contributed by atoms with E-state index in [1.165, 1.54) is 24.0 Å². The number of benzene rings is 3. The molecule has 1 aliphatic rings. The van der Waals surface area contributed by atoms with Crippen molar-refractivity contribution in [1.82, 2.24) is 10.2 Å². The van der Waals surface area contributed by atoms with Crippen LogP contribution in [0.15, 0.2) is 72.8 Å². The van der Waals surface area contributed by atoms with Gasteiger partial charge in [0, 0.05) is 24.2 Å². The molecule has 0 saturated carbocycles. The first-order chi connectivity index (χ1) is 15.7. The average Bonchev–Trinajstić information content (AvgIpc) is 2.83. The third-order valence-electron chi connectivity index (χ3n) is 5.94. The fraction of sp³-hybridized carbons (Fsp3) is 0.333. The molecule has 4 rings (SSSR count). The molecule has 0 amide bonds. The minimum atomic E-state index is 0.454. The normalized spacial score (nSPS) is 14.9. The Morgan fingerprint density at radius 1 is 0.875 bits per heavy atom. The van der Waals surface area contributed by atoms with E-state index in [0.717, 1.165) is 43.2 Å². The Labute approximate surface area is 196 Å². The largest absolute Gasteiger partial charge is 0.493 e. The lowest BCUT2D eigenvalue weighted by Gasteiger charge is -2.32. The fourth-order valence-electron chi connectivity index (χ4n) is 4.13. The van der Waals surface area contributed by atoms with Crippen LogP contribution in [0.5, 0.6) is 11.5 Å². The Balaban J connectivity index is 1.25. The van der Waals surface area contributed by atoms with Gasteiger partial charge in [-0.1, -0.05) is 60.1 Å². The summed E-state index contributed by atoms with van der Waals surface area (Å²) < 4.78 is 11.5. The van der Waals surface area contributed by atoms with Crippen molar-refractivity contribution in [3.05, 3.63) is 94.5 Å². The van der Waals surface area contributed by atoms with Crippen LogP contribution >= 0.6 is 11.6 Å².